The Morgan fingerprint density at radius 3 is 2.50 bits per heavy atom. The molecule has 0 spiro atoms. The Kier molecular flexibility index (Phi) is 4.08. The van der Waals surface area contributed by atoms with Gasteiger partial charge in [-0.25, -0.2) is 0 Å². The van der Waals surface area contributed by atoms with Crippen LogP contribution in [0.5, 0.6) is 0 Å². The Morgan fingerprint density at radius 1 is 1.23 bits per heavy atom. The molecular weight excluding hydrogens is 282 g/mol. The number of hydrogen-bond acceptors (Lipinski definition) is 5. The lowest BCUT2D eigenvalue weighted by atomic mass is 9.96. The highest BCUT2D eigenvalue weighted by atomic mass is 16.4. The van der Waals surface area contributed by atoms with E-state index in [4.69, 9.17) is 5.11 Å². The van der Waals surface area contributed by atoms with E-state index >= 15 is 0 Å². The van der Waals surface area contributed by atoms with Gasteiger partial charge >= 0.3 is 5.97 Å². The predicted octanol–water partition coefficient (Wildman–Crippen LogP) is 2.48. The van der Waals surface area contributed by atoms with E-state index in [2.05, 4.69) is 41.4 Å². The van der Waals surface area contributed by atoms with Crippen molar-refractivity contribution < 1.29 is 9.90 Å². The maximum absolute atomic E-state index is 10.7. The number of nitrogens with zero attached hydrogens (tertiary/aromatic N) is 4. The number of nitrogens with one attached hydrogen (secondary N) is 1. The molecule has 0 radical (unpaired) electrons. The highest BCUT2D eigenvalue weighted by molar-refractivity contribution is 5.66. The van der Waals surface area contributed by atoms with Crippen molar-refractivity contribution in [1.29, 1.82) is 0 Å². The molecule has 0 saturated heterocycles. The van der Waals surface area contributed by atoms with Crippen molar-refractivity contribution in [3.05, 3.63) is 18.0 Å². The fourth-order valence-electron chi connectivity index (χ4n) is 2.15. The van der Waals surface area contributed by atoms with Crippen LogP contribution in [-0.2, 0) is 10.2 Å². The average molecular weight is 305 g/mol. The van der Waals surface area contributed by atoms with Gasteiger partial charge in [0.05, 0.1) is 0 Å². The van der Waals surface area contributed by atoms with Gasteiger partial charge in [0.1, 0.15) is 5.82 Å². The molecule has 0 aliphatic heterocycles. The first-order valence-corrected chi connectivity index (χ1v) is 7.31. The van der Waals surface area contributed by atoms with Crippen molar-refractivity contribution >= 4 is 17.4 Å². The van der Waals surface area contributed by atoms with E-state index in [1.807, 2.05) is 26.0 Å². The monoisotopic (exact) mass is 305 g/mol. The minimum atomic E-state index is -0.799. The van der Waals surface area contributed by atoms with Gasteiger partial charge in [0.25, 0.3) is 0 Å². The zero-order chi connectivity index (χ0) is 16.5. The molecule has 2 aromatic rings. The second kappa shape index (κ2) is 5.55. The number of carboxylic acids is 1. The summed E-state index contributed by atoms with van der Waals surface area (Å²) in [6, 6.07) is 3.68. The summed E-state index contributed by atoms with van der Waals surface area (Å²) in [7, 11) is 0. The van der Waals surface area contributed by atoms with Crippen LogP contribution in [0.2, 0.25) is 0 Å². The molecular formula is C15H23N5O2. The summed E-state index contributed by atoms with van der Waals surface area (Å²) < 4.78 is 1.73. The third-order valence-corrected chi connectivity index (χ3v) is 3.36. The van der Waals surface area contributed by atoms with E-state index in [0.29, 0.717) is 17.9 Å². The Labute approximate surface area is 129 Å². The number of hydrogen-bond donors (Lipinski definition) is 2. The van der Waals surface area contributed by atoms with Crippen LogP contribution in [-0.4, -0.2) is 36.4 Å². The maximum atomic E-state index is 10.7. The van der Waals surface area contributed by atoms with Crippen molar-refractivity contribution in [3.8, 4) is 0 Å². The summed E-state index contributed by atoms with van der Waals surface area (Å²) in [6.07, 6.45) is 0.623. The van der Waals surface area contributed by atoms with Gasteiger partial charge in [0.15, 0.2) is 11.5 Å². The molecule has 0 unspecified atom stereocenters. The molecule has 2 heterocycles. The van der Waals surface area contributed by atoms with Crippen LogP contribution < -0.4 is 5.32 Å². The van der Waals surface area contributed by atoms with Gasteiger partial charge in [-0.3, -0.25) is 4.79 Å². The number of aromatic nitrogens is 4. The summed E-state index contributed by atoms with van der Waals surface area (Å²) in [6.45, 7) is 10.1. The van der Waals surface area contributed by atoms with E-state index in [9.17, 15) is 4.79 Å². The largest absolute Gasteiger partial charge is 0.481 e. The number of rotatable bonds is 5. The van der Waals surface area contributed by atoms with Gasteiger partial charge in [-0.05, 0) is 32.4 Å². The van der Waals surface area contributed by atoms with Crippen LogP contribution in [0.15, 0.2) is 12.1 Å². The molecule has 0 amide bonds. The summed E-state index contributed by atoms with van der Waals surface area (Å²) >= 11 is 0. The molecule has 2 aromatic heterocycles. The zero-order valence-electron chi connectivity index (χ0n) is 13.7. The summed E-state index contributed by atoms with van der Waals surface area (Å²) in [5.41, 5.74) is 0.164. The Bertz CT molecular complexity index is 685. The normalized spacial score (nSPS) is 12.6. The highest BCUT2D eigenvalue weighted by Crippen LogP contribution is 2.22. The molecule has 0 fully saturated rings. The van der Waals surface area contributed by atoms with Crippen LogP contribution in [0, 0.1) is 0 Å². The fourth-order valence-corrected chi connectivity index (χ4v) is 2.15. The standard InChI is InChI=1S/C15H23N5O2/c1-14(2,3)13-18-17-11-7-6-10(19-20(11)13)16-15(4,5)9-8-12(21)22/h6-7H,8-9H2,1-5H3,(H,16,19)(H,21,22). The molecule has 2 N–H and O–H groups in total. The Morgan fingerprint density at radius 2 is 1.91 bits per heavy atom. The summed E-state index contributed by atoms with van der Waals surface area (Å²) in [5, 5.41) is 25.0. The second-order valence-corrected chi connectivity index (χ2v) is 7.16. The molecule has 0 saturated carbocycles. The van der Waals surface area contributed by atoms with Crippen molar-refractivity contribution in [3.63, 3.8) is 0 Å². The predicted molar refractivity (Wildman–Crippen MR) is 84.1 cm³/mol. The summed E-state index contributed by atoms with van der Waals surface area (Å²) in [4.78, 5) is 10.7. The minimum Gasteiger partial charge on any atom is -0.481 e. The van der Waals surface area contributed by atoms with Gasteiger partial charge in [-0.15, -0.1) is 15.3 Å². The molecule has 120 valence electrons. The minimum absolute atomic E-state index is 0.113. The molecule has 0 aliphatic carbocycles. The zero-order valence-corrected chi connectivity index (χ0v) is 13.7. The topological polar surface area (TPSA) is 92.4 Å². The molecule has 2 rings (SSSR count). The van der Waals surface area contributed by atoms with Gasteiger partial charge in [-0.2, -0.15) is 4.52 Å². The van der Waals surface area contributed by atoms with Crippen molar-refractivity contribution in [2.24, 2.45) is 0 Å². The first-order chi connectivity index (χ1) is 10.1. The van der Waals surface area contributed by atoms with Crippen molar-refractivity contribution in [2.45, 2.75) is 58.4 Å². The Hall–Kier alpha value is -2.18. The van der Waals surface area contributed by atoms with Gasteiger partial charge < -0.3 is 10.4 Å². The molecule has 0 aromatic carbocycles. The van der Waals surface area contributed by atoms with Crippen LogP contribution in [0.25, 0.3) is 5.65 Å². The quantitative estimate of drug-likeness (QED) is 0.881. The fraction of sp³-hybridized carbons (Fsp3) is 0.600. The lowest BCUT2D eigenvalue weighted by Gasteiger charge is -2.26. The first-order valence-electron chi connectivity index (χ1n) is 7.31. The SMILES string of the molecule is CC(C)(CCC(=O)O)Nc1ccc2nnc(C(C)(C)C)n2n1. The number of anilines is 1. The van der Waals surface area contributed by atoms with Gasteiger partial charge in [0, 0.05) is 17.4 Å². The van der Waals surface area contributed by atoms with E-state index < -0.39 is 5.97 Å². The van der Waals surface area contributed by atoms with Crippen molar-refractivity contribution in [1.82, 2.24) is 19.8 Å². The number of carboxylic acid groups (broad SMARTS) is 1. The third-order valence-electron chi connectivity index (χ3n) is 3.36. The second-order valence-electron chi connectivity index (χ2n) is 7.16. The van der Waals surface area contributed by atoms with E-state index in [-0.39, 0.29) is 17.4 Å². The maximum Gasteiger partial charge on any atom is 0.303 e. The van der Waals surface area contributed by atoms with Crippen LogP contribution >= 0.6 is 0 Å². The van der Waals surface area contributed by atoms with Crippen LogP contribution in [0.1, 0.15) is 53.3 Å². The lowest BCUT2D eigenvalue weighted by molar-refractivity contribution is -0.137. The third kappa shape index (κ3) is 3.72. The van der Waals surface area contributed by atoms with E-state index in [0.717, 1.165) is 5.82 Å². The molecule has 0 atom stereocenters. The van der Waals surface area contributed by atoms with Gasteiger partial charge in [0.2, 0.25) is 0 Å². The summed E-state index contributed by atoms with van der Waals surface area (Å²) in [5.74, 6) is 0.662. The van der Waals surface area contributed by atoms with E-state index in [1.54, 1.807) is 4.52 Å². The molecule has 7 nitrogen and oxygen atoms in total. The Balaban J connectivity index is 2.27. The van der Waals surface area contributed by atoms with Gasteiger partial charge in [-0.1, -0.05) is 20.8 Å². The molecule has 0 aliphatic rings. The van der Waals surface area contributed by atoms with Crippen LogP contribution in [0.3, 0.4) is 0 Å². The van der Waals surface area contributed by atoms with E-state index in [1.165, 1.54) is 0 Å². The number of carbonyl (C=O) groups is 1. The molecule has 0 bridgehead atoms. The van der Waals surface area contributed by atoms with Crippen molar-refractivity contribution in [2.75, 3.05) is 5.32 Å². The first kappa shape index (κ1) is 16.2. The lowest BCUT2D eigenvalue weighted by Crippen LogP contribution is -2.32. The number of fused-ring (bicyclic) bond motifs is 1. The number of aliphatic carboxylic acids is 1. The molecule has 22 heavy (non-hydrogen) atoms. The molecule has 7 heteroatoms. The van der Waals surface area contributed by atoms with Crippen LogP contribution in [0.4, 0.5) is 5.82 Å². The smallest absolute Gasteiger partial charge is 0.303 e. The average Bonchev–Trinajstić information content (AvgIpc) is 2.79. The highest BCUT2D eigenvalue weighted by Gasteiger charge is 2.23.